The number of hydrogen-bond acceptors (Lipinski definition) is 3. The van der Waals surface area contributed by atoms with Crippen LogP contribution in [0.5, 0.6) is 0 Å². The number of aryl methyl sites for hydroxylation is 1. The zero-order valence-electron chi connectivity index (χ0n) is 12.7. The smallest absolute Gasteiger partial charge is 0.274 e. The molecule has 6 heteroatoms. The number of carbonyl (C=O) groups excluding carboxylic acids is 2. The number of carbonyl (C=O) groups is 2. The highest BCUT2D eigenvalue weighted by molar-refractivity contribution is 5.97. The third kappa shape index (κ3) is 3.32. The molecule has 1 saturated heterocycles. The SMILES string of the molecule is CC(C)C(=O)Nc1cc(C(=O)N2CCCC2)cn(C)c1=O. The molecule has 0 atom stereocenters. The first-order valence-corrected chi connectivity index (χ1v) is 7.21. The first-order valence-electron chi connectivity index (χ1n) is 7.21. The maximum Gasteiger partial charge on any atom is 0.274 e. The van der Waals surface area contributed by atoms with Crippen molar-refractivity contribution in [2.45, 2.75) is 26.7 Å². The number of rotatable bonds is 3. The van der Waals surface area contributed by atoms with Crippen LogP contribution in [0.15, 0.2) is 17.1 Å². The minimum atomic E-state index is -0.318. The summed E-state index contributed by atoms with van der Waals surface area (Å²) in [6.45, 7) is 4.99. The summed E-state index contributed by atoms with van der Waals surface area (Å²) in [7, 11) is 1.58. The van der Waals surface area contributed by atoms with Crippen molar-refractivity contribution < 1.29 is 9.59 Å². The molecule has 0 saturated carbocycles. The number of pyridine rings is 1. The van der Waals surface area contributed by atoms with E-state index < -0.39 is 0 Å². The van der Waals surface area contributed by atoms with Gasteiger partial charge in [-0.1, -0.05) is 13.8 Å². The second-order valence-corrected chi connectivity index (χ2v) is 5.70. The Morgan fingerprint density at radius 2 is 1.86 bits per heavy atom. The van der Waals surface area contributed by atoms with E-state index in [1.165, 1.54) is 16.8 Å². The Bertz CT molecular complexity index is 613. The molecular formula is C15H21N3O3. The standard InChI is InChI=1S/C15H21N3O3/c1-10(2)13(19)16-12-8-11(9-17(3)15(12)21)14(20)18-6-4-5-7-18/h8-10H,4-7H2,1-3H3,(H,16,19). The molecule has 0 spiro atoms. The molecule has 114 valence electrons. The van der Waals surface area contributed by atoms with Crippen LogP contribution in [0.4, 0.5) is 5.69 Å². The van der Waals surface area contributed by atoms with Crippen LogP contribution < -0.4 is 10.9 Å². The van der Waals surface area contributed by atoms with Crippen LogP contribution in [-0.2, 0) is 11.8 Å². The maximum absolute atomic E-state index is 12.4. The van der Waals surface area contributed by atoms with Crippen LogP contribution >= 0.6 is 0 Å². The zero-order chi connectivity index (χ0) is 15.6. The molecule has 1 aliphatic heterocycles. The van der Waals surface area contributed by atoms with Gasteiger partial charge in [-0.25, -0.2) is 0 Å². The zero-order valence-corrected chi connectivity index (χ0v) is 12.7. The summed E-state index contributed by atoms with van der Waals surface area (Å²) < 4.78 is 1.33. The van der Waals surface area contributed by atoms with Gasteiger partial charge in [0.15, 0.2) is 0 Å². The number of anilines is 1. The molecule has 6 nitrogen and oxygen atoms in total. The van der Waals surface area contributed by atoms with Gasteiger partial charge in [0.05, 0.1) is 5.56 Å². The van der Waals surface area contributed by atoms with E-state index in [1.807, 2.05) is 0 Å². The molecule has 1 aliphatic rings. The van der Waals surface area contributed by atoms with Gasteiger partial charge in [0.1, 0.15) is 5.69 Å². The van der Waals surface area contributed by atoms with Crippen molar-refractivity contribution in [3.63, 3.8) is 0 Å². The summed E-state index contributed by atoms with van der Waals surface area (Å²) in [4.78, 5) is 38.0. The minimum absolute atomic E-state index is 0.0943. The molecule has 1 N–H and O–H groups in total. The lowest BCUT2D eigenvalue weighted by atomic mass is 10.2. The topological polar surface area (TPSA) is 71.4 Å². The first kappa shape index (κ1) is 15.3. The van der Waals surface area contributed by atoms with Crippen LogP contribution in [0.1, 0.15) is 37.0 Å². The number of likely N-dealkylation sites (tertiary alicyclic amines) is 1. The highest BCUT2D eigenvalue weighted by Crippen LogP contribution is 2.14. The van der Waals surface area contributed by atoms with Gasteiger partial charge in [0.2, 0.25) is 5.91 Å². The van der Waals surface area contributed by atoms with E-state index in [0.29, 0.717) is 5.56 Å². The summed E-state index contributed by atoms with van der Waals surface area (Å²) in [5.74, 6) is -0.561. The minimum Gasteiger partial charge on any atom is -0.339 e. The molecule has 1 aromatic rings. The lowest BCUT2D eigenvalue weighted by Gasteiger charge is -2.17. The van der Waals surface area contributed by atoms with Gasteiger partial charge in [0, 0.05) is 32.3 Å². The number of nitrogens with zero attached hydrogens (tertiary/aromatic N) is 2. The predicted octanol–water partition coefficient (Wildman–Crippen LogP) is 1.22. The number of aromatic nitrogens is 1. The average molecular weight is 291 g/mol. The largest absolute Gasteiger partial charge is 0.339 e. The van der Waals surface area contributed by atoms with Crippen LogP contribution in [0.2, 0.25) is 0 Å². The van der Waals surface area contributed by atoms with Crippen molar-refractivity contribution in [2.24, 2.45) is 13.0 Å². The number of hydrogen-bond donors (Lipinski definition) is 1. The van der Waals surface area contributed by atoms with E-state index in [2.05, 4.69) is 5.32 Å². The molecule has 1 fully saturated rings. The maximum atomic E-state index is 12.4. The molecule has 0 unspecified atom stereocenters. The van der Waals surface area contributed by atoms with Gasteiger partial charge in [-0.3, -0.25) is 14.4 Å². The monoisotopic (exact) mass is 291 g/mol. The van der Waals surface area contributed by atoms with E-state index in [1.54, 1.807) is 25.8 Å². The second-order valence-electron chi connectivity index (χ2n) is 5.70. The fraction of sp³-hybridized carbons (Fsp3) is 0.533. The van der Waals surface area contributed by atoms with Crippen molar-refractivity contribution in [1.82, 2.24) is 9.47 Å². The molecule has 1 aromatic heterocycles. The lowest BCUT2D eigenvalue weighted by molar-refractivity contribution is -0.118. The average Bonchev–Trinajstić information content (AvgIpc) is 2.96. The van der Waals surface area contributed by atoms with E-state index in [4.69, 9.17) is 0 Å². The fourth-order valence-corrected chi connectivity index (χ4v) is 2.30. The molecule has 0 radical (unpaired) electrons. The van der Waals surface area contributed by atoms with E-state index in [9.17, 15) is 14.4 Å². The second kappa shape index (κ2) is 6.11. The predicted molar refractivity (Wildman–Crippen MR) is 80.3 cm³/mol. The summed E-state index contributed by atoms with van der Waals surface area (Å²) in [6, 6.07) is 1.48. The molecule has 21 heavy (non-hydrogen) atoms. The molecular weight excluding hydrogens is 270 g/mol. The Labute approximate surface area is 123 Å². The van der Waals surface area contributed by atoms with Crippen LogP contribution in [-0.4, -0.2) is 34.4 Å². The summed E-state index contributed by atoms with van der Waals surface area (Å²) >= 11 is 0. The summed E-state index contributed by atoms with van der Waals surface area (Å²) in [6.07, 6.45) is 3.54. The third-order valence-corrected chi connectivity index (χ3v) is 3.61. The Kier molecular flexibility index (Phi) is 4.45. The first-order chi connectivity index (χ1) is 9.90. The Morgan fingerprint density at radius 1 is 1.24 bits per heavy atom. The van der Waals surface area contributed by atoms with Crippen molar-refractivity contribution >= 4 is 17.5 Å². The normalized spacial score (nSPS) is 14.6. The van der Waals surface area contributed by atoms with Gasteiger partial charge in [0.25, 0.3) is 11.5 Å². The van der Waals surface area contributed by atoms with Gasteiger partial charge in [-0.2, -0.15) is 0 Å². The highest BCUT2D eigenvalue weighted by atomic mass is 16.2. The Hall–Kier alpha value is -2.11. The van der Waals surface area contributed by atoms with Gasteiger partial charge >= 0.3 is 0 Å². The quantitative estimate of drug-likeness (QED) is 0.910. The van der Waals surface area contributed by atoms with E-state index in [0.717, 1.165) is 25.9 Å². The van der Waals surface area contributed by atoms with E-state index >= 15 is 0 Å². The van der Waals surface area contributed by atoms with Crippen LogP contribution in [0.3, 0.4) is 0 Å². The fourth-order valence-electron chi connectivity index (χ4n) is 2.30. The van der Waals surface area contributed by atoms with E-state index in [-0.39, 0.29) is 29.0 Å². The molecule has 2 rings (SSSR count). The number of nitrogens with one attached hydrogen (secondary N) is 1. The lowest BCUT2D eigenvalue weighted by Crippen LogP contribution is -2.31. The van der Waals surface area contributed by atoms with Crippen molar-refractivity contribution in [3.8, 4) is 0 Å². The summed E-state index contributed by atoms with van der Waals surface area (Å²) in [5.41, 5.74) is 0.265. The summed E-state index contributed by atoms with van der Waals surface area (Å²) in [5, 5.41) is 2.59. The molecule has 0 aliphatic carbocycles. The van der Waals surface area contributed by atoms with Crippen molar-refractivity contribution in [1.29, 1.82) is 0 Å². The van der Waals surface area contributed by atoms with Crippen molar-refractivity contribution in [2.75, 3.05) is 18.4 Å². The van der Waals surface area contributed by atoms with Crippen molar-refractivity contribution in [3.05, 3.63) is 28.2 Å². The molecule has 0 bridgehead atoms. The molecule has 2 heterocycles. The van der Waals surface area contributed by atoms with Gasteiger partial charge in [-0.05, 0) is 18.9 Å². The molecule has 2 amide bonds. The molecule has 0 aromatic carbocycles. The van der Waals surface area contributed by atoms with Gasteiger partial charge < -0.3 is 14.8 Å². The van der Waals surface area contributed by atoms with Gasteiger partial charge in [-0.15, -0.1) is 0 Å². The highest BCUT2D eigenvalue weighted by Gasteiger charge is 2.21. The third-order valence-electron chi connectivity index (χ3n) is 3.61. The number of amides is 2. The van der Waals surface area contributed by atoms with Crippen LogP contribution in [0.25, 0.3) is 0 Å². The Morgan fingerprint density at radius 3 is 2.43 bits per heavy atom. The van der Waals surface area contributed by atoms with Crippen LogP contribution in [0, 0.1) is 5.92 Å². The Balaban J connectivity index is 2.31.